The maximum Gasteiger partial charge on any atom is 0.235 e. The van der Waals surface area contributed by atoms with Crippen LogP contribution in [0.5, 0.6) is 0 Å². The van der Waals surface area contributed by atoms with E-state index in [1.165, 1.54) is 17.8 Å². The van der Waals surface area contributed by atoms with Crippen molar-refractivity contribution >= 4 is 35.1 Å². The Kier molecular flexibility index (Phi) is 4.46. The van der Waals surface area contributed by atoms with E-state index in [-0.39, 0.29) is 22.7 Å². The van der Waals surface area contributed by atoms with Crippen molar-refractivity contribution in [3.8, 4) is 5.69 Å². The quantitative estimate of drug-likeness (QED) is 0.690. The summed E-state index contributed by atoms with van der Waals surface area (Å²) in [6.45, 7) is 1.87. The second-order valence-electron chi connectivity index (χ2n) is 6.00. The number of benzene rings is 2. The number of fused-ring (bicyclic) bond motifs is 1. The Morgan fingerprint density at radius 2 is 1.96 bits per heavy atom. The van der Waals surface area contributed by atoms with Crippen LogP contribution in [0.2, 0.25) is 5.02 Å². The number of hydrogen-bond donors (Lipinski definition) is 1. The van der Waals surface area contributed by atoms with E-state index in [0.29, 0.717) is 16.4 Å². The number of rotatable bonds is 2. The average molecular weight is 388 g/mol. The molecule has 2 aromatic carbocycles. The largest absolute Gasteiger partial charge is 0.310 e. The van der Waals surface area contributed by atoms with Crippen molar-refractivity contribution in [2.24, 2.45) is 0 Å². The molecule has 0 unspecified atom stereocenters. The number of halogens is 2. The lowest BCUT2D eigenvalue weighted by molar-refractivity contribution is -0.113. The molecule has 1 aromatic heterocycles. The first-order valence-corrected chi connectivity index (χ1v) is 9.48. The van der Waals surface area contributed by atoms with E-state index in [9.17, 15) is 9.18 Å². The van der Waals surface area contributed by atoms with E-state index in [2.05, 4.69) is 10.4 Å². The van der Waals surface area contributed by atoms with Gasteiger partial charge >= 0.3 is 0 Å². The maximum absolute atomic E-state index is 14.4. The first-order valence-electron chi connectivity index (χ1n) is 8.06. The third-order valence-corrected chi connectivity index (χ3v) is 5.77. The van der Waals surface area contributed by atoms with Crippen LogP contribution in [-0.4, -0.2) is 21.4 Å². The van der Waals surface area contributed by atoms with Crippen molar-refractivity contribution in [3.63, 3.8) is 0 Å². The monoisotopic (exact) mass is 387 g/mol. The molecule has 132 valence electrons. The maximum atomic E-state index is 14.4. The van der Waals surface area contributed by atoms with Crippen molar-refractivity contribution in [2.75, 3.05) is 11.1 Å². The molecule has 1 amide bonds. The Morgan fingerprint density at radius 1 is 1.23 bits per heavy atom. The minimum atomic E-state index is -0.314. The fourth-order valence-corrected chi connectivity index (χ4v) is 4.42. The SMILES string of the molecule is Cc1nn(-c2ccc(Cl)cc2)c2c1[C@H](c1ccccc1F)SCC(=O)N2. The normalized spacial score (nSPS) is 16.7. The van der Waals surface area contributed by atoms with Crippen LogP contribution in [-0.2, 0) is 4.79 Å². The zero-order chi connectivity index (χ0) is 18.3. The highest BCUT2D eigenvalue weighted by molar-refractivity contribution is 8.00. The van der Waals surface area contributed by atoms with Crippen molar-refractivity contribution in [1.29, 1.82) is 0 Å². The molecule has 26 heavy (non-hydrogen) atoms. The Balaban J connectivity index is 1.91. The van der Waals surface area contributed by atoms with Crippen LogP contribution in [0.15, 0.2) is 48.5 Å². The van der Waals surface area contributed by atoms with Crippen molar-refractivity contribution < 1.29 is 9.18 Å². The molecule has 1 N–H and O–H groups in total. The van der Waals surface area contributed by atoms with Gasteiger partial charge in [-0.1, -0.05) is 29.8 Å². The topological polar surface area (TPSA) is 46.9 Å². The number of amides is 1. The summed E-state index contributed by atoms with van der Waals surface area (Å²) >= 11 is 7.37. The minimum absolute atomic E-state index is 0.134. The summed E-state index contributed by atoms with van der Waals surface area (Å²) in [6, 6.07) is 13.9. The van der Waals surface area contributed by atoms with E-state index < -0.39 is 0 Å². The van der Waals surface area contributed by atoms with Crippen LogP contribution in [0.4, 0.5) is 10.2 Å². The number of nitrogens with one attached hydrogen (secondary N) is 1. The van der Waals surface area contributed by atoms with Gasteiger partial charge in [0.25, 0.3) is 0 Å². The lowest BCUT2D eigenvalue weighted by Crippen LogP contribution is -2.15. The van der Waals surface area contributed by atoms with Crippen LogP contribution < -0.4 is 5.32 Å². The van der Waals surface area contributed by atoms with Crippen LogP contribution in [0.3, 0.4) is 0 Å². The summed E-state index contributed by atoms with van der Waals surface area (Å²) in [7, 11) is 0. The average Bonchev–Trinajstić information content (AvgIpc) is 2.83. The highest BCUT2D eigenvalue weighted by Gasteiger charge is 2.31. The molecule has 0 spiro atoms. The number of anilines is 1. The number of carbonyl (C=O) groups excluding carboxylic acids is 1. The number of thioether (sulfide) groups is 1. The molecule has 1 atom stereocenters. The summed E-state index contributed by atoms with van der Waals surface area (Å²) in [5, 5.41) is 7.83. The van der Waals surface area contributed by atoms with Crippen LogP contribution in [0.1, 0.15) is 22.1 Å². The first kappa shape index (κ1) is 17.1. The lowest BCUT2D eigenvalue weighted by Gasteiger charge is -2.16. The number of hydrogen-bond acceptors (Lipinski definition) is 3. The molecule has 0 radical (unpaired) electrons. The van der Waals surface area contributed by atoms with Gasteiger partial charge < -0.3 is 5.32 Å². The Bertz CT molecular complexity index is 987. The molecular formula is C19H15ClFN3OS. The number of aromatic nitrogens is 2. The highest BCUT2D eigenvalue weighted by Crippen LogP contribution is 2.44. The lowest BCUT2D eigenvalue weighted by atomic mass is 10.0. The van der Waals surface area contributed by atoms with Crippen LogP contribution in [0, 0.1) is 12.7 Å². The van der Waals surface area contributed by atoms with Crippen molar-refractivity contribution in [3.05, 3.63) is 76.2 Å². The molecule has 3 aromatic rings. The van der Waals surface area contributed by atoms with Gasteiger partial charge in [0.15, 0.2) is 0 Å². The Hall–Kier alpha value is -2.31. The number of nitrogens with zero attached hydrogens (tertiary/aromatic N) is 2. The fourth-order valence-electron chi connectivity index (χ4n) is 3.09. The molecular weight excluding hydrogens is 373 g/mol. The van der Waals surface area contributed by atoms with E-state index in [1.807, 2.05) is 19.1 Å². The first-order chi connectivity index (χ1) is 12.5. The molecule has 0 fully saturated rings. The summed E-state index contributed by atoms with van der Waals surface area (Å²) in [5.74, 6) is 0.399. The third kappa shape index (κ3) is 2.99. The zero-order valence-corrected chi connectivity index (χ0v) is 15.4. The van der Waals surface area contributed by atoms with Gasteiger partial charge in [-0.05, 0) is 37.3 Å². The van der Waals surface area contributed by atoms with Gasteiger partial charge in [-0.2, -0.15) is 5.10 Å². The van der Waals surface area contributed by atoms with Crippen molar-refractivity contribution in [2.45, 2.75) is 12.2 Å². The summed E-state index contributed by atoms with van der Waals surface area (Å²) < 4.78 is 16.1. The van der Waals surface area contributed by atoms with E-state index in [1.54, 1.807) is 35.0 Å². The molecule has 0 aliphatic carbocycles. The van der Waals surface area contributed by atoms with E-state index in [4.69, 9.17) is 11.6 Å². The van der Waals surface area contributed by atoms with Gasteiger partial charge in [-0.25, -0.2) is 9.07 Å². The predicted molar refractivity (Wildman–Crippen MR) is 103 cm³/mol. The predicted octanol–water partition coefficient (Wildman–Crippen LogP) is 4.75. The third-order valence-electron chi connectivity index (χ3n) is 4.27. The Morgan fingerprint density at radius 3 is 2.69 bits per heavy atom. The number of aryl methyl sites for hydroxylation is 1. The van der Waals surface area contributed by atoms with Gasteiger partial charge in [0.2, 0.25) is 5.91 Å². The van der Waals surface area contributed by atoms with E-state index >= 15 is 0 Å². The Labute approximate surface area is 159 Å². The van der Waals surface area contributed by atoms with Gasteiger partial charge in [0, 0.05) is 16.1 Å². The van der Waals surface area contributed by atoms with Gasteiger partial charge in [0.05, 0.1) is 22.4 Å². The number of carbonyl (C=O) groups is 1. The summed E-state index contributed by atoms with van der Waals surface area (Å²) in [6.07, 6.45) is 0. The van der Waals surface area contributed by atoms with Crippen molar-refractivity contribution in [1.82, 2.24) is 9.78 Å². The summed E-state index contributed by atoms with van der Waals surface area (Å²) in [5.41, 5.74) is 2.89. The fraction of sp³-hybridized carbons (Fsp3) is 0.158. The van der Waals surface area contributed by atoms with Gasteiger partial charge in [-0.15, -0.1) is 11.8 Å². The smallest absolute Gasteiger partial charge is 0.235 e. The second kappa shape index (κ2) is 6.78. The molecule has 0 saturated carbocycles. The summed E-state index contributed by atoms with van der Waals surface area (Å²) in [4.78, 5) is 12.3. The molecule has 1 aliphatic heterocycles. The molecule has 2 heterocycles. The molecule has 1 aliphatic rings. The van der Waals surface area contributed by atoms with Crippen LogP contribution >= 0.6 is 23.4 Å². The van der Waals surface area contributed by atoms with Crippen LogP contribution in [0.25, 0.3) is 5.69 Å². The minimum Gasteiger partial charge on any atom is -0.310 e. The van der Waals surface area contributed by atoms with E-state index in [0.717, 1.165) is 16.9 Å². The standard InChI is InChI=1S/C19H15ClFN3OS/c1-11-17-18(14-4-2-3-5-15(14)21)26-10-16(25)22-19(17)24(23-11)13-8-6-12(20)7-9-13/h2-9,18H,10H2,1H3,(H,22,25)/t18-/m0/s1. The second-order valence-corrected chi connectivity index (χ2v) is 7.53. The molecule has 0 saturated heterocycles. The highest BCUT2D eigenvalue weighted by atomic mass is 35.5. The van der Waals surface area contributed by atoms with Gasteiger partial charge in [-0.3, -0.25) is 4.79 Å². The zero-order valence-electron chi connectivity index (χ0n) is 13.9. The molecule has 4 rings (SSSR count). The molecule has 7 heteroatoms. The molecule has 4 nitrogen and oxygen atoms in total. The molecule has 0 bridgehead atoms. The van der Waals surface area contributed by atoms with Gasteiger partial charge in [0.1, 0.15) is 11.6 Å².